The summed E-state index contributed by atoms with van der Waals surface area (Å²) in [5.74, 6) is -1.53. The molecule has 0 aliphatic carbocycles. The highest BCUT2D eigenvalue weighted by Crippen LogP contribution is 2.13. The minimum atomic E-state index is -0.883. The van der Waals surface area contributed by atoms with Crippen LogP contribution >= 0.6 is 0 Å². The number of quaternary nitrogens is 1. The molecule has 8 heteroatoms. The van der Waals surface area contributed by atoms with Crippen molar-refractivity contribution in [1.82, 2.24) is 0 Å². The zero-order valence-corrected chi connectivity index (χ0v) is 33.3. The fourth-order valence-electron chi connectivity index (χ4n) is 5.57. The van der Waals surface area contributed by atoms with Gasteiger partial charge in [0.1, 0.15) is 6.61 Å². The number of nitrogens with zero attached hydrogens (tertiary/aromatic N) is 1. The normalized spacial score (nSPS) is 13.5. The van der Waals surface area contributed by atoms with Crippen molar-refractivity contribution in [1.29, 1.82) is 0 Å². The first-order chi connectivity index (χ1) is 24.6. The summed E-state index contributed by atoms with van der Waals surface area (Å²) in [7, 11) is 5.50. The van der Waals surface area contributed by atoms with E-state index in [0.717, 1.165) is 57.8 Å². The summed E-state index contributed by atoms with van der Waals surface area (Å²) in [5.41, 5.74) is 0. The SMILES string of the molecule is CC/C=C/C/C=C/C/C=C/CCCCC(=O)OCC(COCCC(C(=O)O)[N+](C)(C)C)OC(=O)CCCCCCCCC/C=C/CCCCCC. The number of aliphatic carboxylic acids is 1. The molecule has 51 heavy (non-hydrogen) atoms. The number of carboxylic acid groups (broad SMARTS) is 1. The van der Waals surface area contributed by atoms with Gasteiger partial charge in [0.05, 0.1) is 34.4 Å². The quantitative estimate of drug-likeness (QED) is 0.0301. The number of esters is 2. The van der Waals surface area contributed by atoms with Crippen molar-refractivity contribution in [2.45, 2.75) is 167 Å². The van der Waals surface area contributed by atoms with E-state index in [4.69, 9.17) is 14.2 Å². The Bertz CT molecular complexity index is 979. The Morgan fingerprint density at radius 1 is 0.608 bits per heavy atom. The summed E-state index contributed by atoms with van der Waals surface area (Å²) in [4.78, 5) is 36.8. The van der Waals surface area contributed by atoms with E-state index in [-0.39, 0.29) is 36.2 Å². The summed E-state index contributed by atoms with van der Waals surface area (Å²) >= 11 is 0. The molecule has 0 aromatic carbocycles. The van der Waals surface area contributed by atoms with E-state index >= 15 is 0 Å². The number of allylic oxidation sites excluding steroid dienone is 8. The molecular weight excluding hydrogens is 642 g/mol. The second-order valence-corrected chi connectivity index (χ2v) is 14.5. The Kier molecular flexibility index (Phi) is 32.6. The Balaban J connectivity index is 4.45. The molecule has 0 fully saturated rings. The van der Waals surface area contributed by atoms with E-state index in [1.807, 2.05) is 21.1 Å². The van der Waals surface area contributed by atoms with Gasteiger partial charge in [-0.25, -0.2) is 4.79 Å². The number of hydrogen-bond donors (Lipinski definition) is 1. The first-order valence-corrected chi connectivity index (χ1v) is 20.2. The van der Waals surface area contributed by atoms with E-state index in [1.54, 1.807) is 0 Å². The predicted molar refractivity (Wildman–Crippen MR) is 211 cm³/mol. The van der Waals surface area contributed by atoms with Crippen LogP contribution in [0.1, 0.15) is 155 Å². The van der Waals surface area contributed by atoms with Gasteiger partial charge in [-0.2, -0.15) is 0 Å². The van der Waals surface area contributed by atoms with Crippen LogP contribution in [0.5, 0.6) is 0 Å². The van der Waals surface area contributed by atoms with Crippen LogP contribution in [0.2, 0.25) is 0 Å². The highest BCUT2D eigenvalue weighted by Gasteiger charge is 2.31. The van der Waals surface area contributed by atoms with Crippen LogP contribution in [-0.2, 0) is 28.6 Å². The predicted octanol–water partition coefficient (Wildman–Crippen LogP) is 10.5. The number of carbonyl (C=O) groups excluding carboxylic acids is 2. The average Bonchev–Trinajstić information content (AvgIpc) is 3.08. The van der Waals surface area contributed by atoms with Crippen molar-refractivity contribution in [2.75, 3.05) is 41.0 Å². The van der Waals surface area contributed by atoms with Gasteiger partial charge < -0.3 is 23.8 Å². The molecule has 2 atom stereocenters. The number of rotatable bonds is 35. The molecule has 0 rings (SSSR count). The third kappa shape index (κ3) is 32.9. The molecule has 0 bridgehead atoms. The van der Waals surface area contributed by atoms with Gasteiger partial charge in [-0.1, -0.05) is 114 Å². The molecule has 2 unspecified atom stereocenters. The highest BCUT2D eigenvalue weighted by atomic mass is 16.6. The van der Waals surface area contributed by atoms with E-state index in [1.165, 1.54) is 64.2 Å². The maximum absolute atomic E-state index is 12.7. The monoisotopic (exact) mass is 719 g/mol. The minimum Gasteiger partial charge on any atom is -0.477 e. The lowest BCUT2D eigenvalue weighted by molar-refractivity contribution is -0.887. The fraction of sp³-hybridized carbons (Fsp3) is 0.744. The minimum absolute atomic E-state index is 0.0463. The van der Waals surface area contributed by atoms with Gasteiger partial charge >= 0.3 is 17.9 Å². The Morgan fingerprint density at radius 3 is 1.69 bits per heavy atom. The first-order valence-electron chi connectivity index (χ1n) is 20.2. The largest absolute Gasteiger partial charge is 0.477 e. The van der Waals surface area contributed by atoms with Gasteiger partial charge in [0, 0.05) is 19.3 Å². The fourth-order valence-corrected chi connectivity index (χ4v) is 5.57. The number of carboxylic acids is 1. The molecular formula is C43H76NO7+. The molecule has 8 nitrogen and oxygen atoms in total. The molecule has 0 aromatic rings. The topological polar surface area (TPSA) is 99.1 Å². The van der Waals surface area contributed by atoms with Crippen molar-refractivity contribution in [2.24, 2.45) is 0 Å². The summed E-state index contributed by atoms with van der Waals surface area (Å²) in [6, 6.07) is -0.620. The van der Waals surface area contributed by atoms with Gasteiger partial charge in [0.2, 0.25) is 0 Å². The zero-order chi connectivity index (χ0) is 37.8. The van der Waals surface area contributed by atoms with Crippen LogP contribution in [0.15, 0.2) is 48.6 Å². The Hall–Kier alpha value is -2.71. The zero-order valence-electron chi connectivity index (χ0n) is 33.3. The van der Waals surface area contributed by atoms with Gasteiger partial charge in [-0.3, -0.25) is 9.59 Å². The standard InChI is InChI=1S/C43H75NO7/c1-6-8-10-12-14-16-18-20-21-22-24-26-28-30-32-34-42(46)51-39(37-49-36-35-40(43(47)48)44(3,4)5)38-50-41(45)33-31-29-27-25-23-19-17-15-13-11-9-7-2/h9,11,15-18,23,25,39-40H,6-8,10,12-14,19-22,24,26-38H2,1-5H3/p+1/b11-9+,17-15+,18-16+,25-23+. The van der Waals surface area contributed by atoms with Crippen molar-refractivity contribution in [3.63, 3.8) is 0 Å². The van der Waals surface area contributed by atoms with Crippen LogP contribution in [0.4, 0.5) is 0 Å². The third-order valence-corrected chi connectivity index (χ3v) is 8.71. The van der Waals surface area contributed by atoms with E-state index in [2.05, 4.69) is 62.5 Å². The number of ether oxygens (including phenoxy) is 3. The Morgan fingerprint density at radius 2 is 1.10 bits per heavy atom. The molecule has 0 heterocycles. The van der Waals surface area contributed by atoms with Crippen LogP contribution in [0.25, 0.3) is 0 Å². The molecule has 0 saturated carbocycles. The van der Waals surface area contributed by atoms with Crippen molar-refractivity contribution < 1.29 is 38.2 Å². The van der Waals surface area contributed by atoms with E-state index in [0.29, 0.717) is 19.3 Å². The van der Waals surface area contributed by atoms with E-state index < -0.39 is 18.1 Å². The van der Waals surface area contributed by atoms with Crippen molar-refractivity contribution in [3.8, 4) is 0 Å². The second-order valence-electron chi connectivity index (χ2n) is 14.5. The molecule has 0 amide bonds. The number of unbranched alkanes of at least 4 members (excludes halogenated alkanes) is 13. The lowest BCUT2D eigenvalue weighted by Crippen LogP contribution is -2.50. The van der Waals surface area contributed by atoms with Gasteiger partial charge in [0.15, 0.2) is 12.1 Å². The smallest absolute Gasteiger partial charge is 0.362 e. The van der Waals surface area contributed by atoms with E-state index in [9.17, 15) is 19.5 Å². The molecule has 1 N–H and O–H groups in total. The lowest BCUT2D eigenvalue weighted by Gasteiger charge is -2.31. The summed E-state index contributed by atoms with van der Waals surface area (Å²) in [6.45, 7) is 4.54. The maximum Gasteiger partial charge on any atom is 0.362 e. The van der Waals surface area contributed by atoms with Crippen LogP contribution in [-0.4, -0.2) is 80.6 Å². The van der Waals surface area contributed by atoms with Crippen molar-refractivity contribution >= 4 is 17.9 Å². The lowest BCUT2D eigenvalue weighted by atomic mass is 10.1. The van der Waals surface area contributed by atoms with Gasteiger partial charge in [-0.05, 0) is 70.6 Å². The number of likely N-dealkylation sites (N-methyl/N-ethyl adjacent to an activating group) is 1. The molecule has 0 saturated heterocycles. The van der Waals surface area contributed by atoms with Crippen LogP contribution in [0, 0.1) is 0 Å². The maximum atomic E-state index is 12.7. The molecule has 0 aliphatic heterocycles. The molecule has 0 spiro atoms. The van der Waals surface area contributed by atoms with Crippen LogP contribution < -0.4 is 0 Å². The summed E-state index contributed by atoms with van der Waals surface area (Å²) in [6.07, 6.45) is 38.7. The second kappa shape index (κ2) is 34.4. The number of hydrogen-bond acceptors (Lipinski definition) is 6. The van der Waals surface area contributed by atoms with Crippen molar-refractivity contribution in [3.05, 3.63) is 48.6 Å². The van der Waals surface area contributed by atoms with Crippen LogP contribution in [0.3, 0.4) is 0 Å². The summed E-state index contributed by atoms with van der Waals surface area (Å²) in [5, 5.41) is 9.59. The first kappa shape index (κ1) is 48.3. The molecule has 0 aromatic heterocycles. The molecule has 0 radical (unpaired) electrons. The van der Waals surface area contributed by atoms with Gasteiger partial charge in [0.25, 0.3) is 0 Å². The molecule has 294 valence electrons. The molecule has 0 aliphatic rings. The highest BCUT2D eigenvalue weighted by molar-refractivity contribution is 5.72. The number of carbonyl (C=O) groups is 3. The third-order valence-electron chi connectivity index (χ3n) is 8.71. The average molecular weight is 719 g/mol. The van der Waals surface area contributed by atoms with Gasteiger partial charge in [-0.15, -0.1) is 0 Å². The summed E-state index contributed by atoms with van der Waals surface area (Å²) < 4.78 is 17.2. The Labute approximate surface area is 312 Å².